The molecule has 0 spiro atoms. The summed E-state index contributed by atoms with van der Waals surface area (Å²) in [6, 6.07) is 4.92. The molecule has 1 fully saturated rings. The van der Waals surface area contributed by atoms with Crippen molar-refractivity contribution in [3.05, 3.63) is 34.4 Å². The van der Waals surface area contributed by atoms with E-state index >= 15 is 0 Å². The second-order valence-corrected chi connectivity index (χ2v) is 7.42. The Morgan fingerprint density at radius 3 is 2.83 bits per heavy atom. The van der Waals surface area contributed by atoms with Crippen molar-refractivity contribution in [3.63, 3.8) is 0 Å². The fourth-order valence-electron chi connectivity index (χ4n) is 3.12. The Labute approximate surface area is 149 Å². The van der Waals surface area contributed by atoms with E-state index < -0.39 is 12.0 Å². The van der Waals surface area contributed by atoms with Crippen LogP contribution in [0.3, 0.4) is 0 Å². The molecule has 0 bridgehead atoms. The third-order valence-corrected chi connectivity index (χ3v) is 5.28. The average molecular weight is 393 g/mol. The topological polar surface area (TPSA) is 82.2 Å². The number of carbonyl (C=O) groups excluding carboxylic acids is 1. The van der Waals surface area contributed by atoms with Crippen LogP contribution < -0.4 is 5.32 Å². The third kappa shape index (κ3) is 3.98. The first kappa shape index (κ1) is 17.0. The first-order valence-electron chi connectivity index (χ1n) is 8.30. The number of aromatic amines is 1. The van der Waals surface area contributed by atoms with Gasteiger partial charge in [-0.2, -0.15) is 0 Å². The van der Waals surface area contributed by atoms with Crippen LogP contribution in [0.5, 0.6) is 0 Å². The first-order chi connectivity index (χ1) is 11.5. The maximum Gasteiger partial charge on any atom is 0.326 e. The van der Waals surface area contributed by atoms with Gasteiger partial charge in [-0.15, -0.1) is 0 Å². The number of nitrogens with one attached hydrogen (secondary N) is 2. The van der Waals surface area contributed by atoms with Gasteiger partial charge in [0.2, 0.25) is 5.91 Å². The number of hydrogen-bond acceptors (Lipinski definition) is 2. The van der Waals surface area contributed by atoms with E-state index in [1.165, 1.54) is 19.3 Å². The minimum atomic E-state index is -1.00. The Morgan fingerprint density at radius 1 is 1.38 bits per heavy atom. The van der Waals surface area contributed by atoms with E-state index in [4.69, 9.17) is 0 Å². The molecule has 6 heteroatoms. The molecule has 128 valence electrons. The molecule has 0 saturated heterocycles. The highest BCUT2D eigenvalue weighted by atomic mass is 79.9. The molecule has 1 amide bonds. The summed E-state index contributed by atoms with van der Waals surface area (Å²) in [6.45, 7) is 0. The largest absolute Gasteiger partial charge is 0.480 e. The average Bonchev–Trinajstić information content (AvgIpc) is 2.87. The highest BCUT2D eigenvalue weighted by Crippen LogP contribution is 2.30. The summed E-state index contributed by atoms with van der Waals surface area (Å²) >= 11 is 3.43. The predicted molar refractivity (Wildman–Crippen MR) is 95.8 cm³/mol. The Morgan fingerprint density at radius 2 is 2.17 bits per heavy atom. The zero-order valence-corrected chi connectivity index (χ0v) is 14.9. The molecule has 1 heterocycles. The Kier molecular flexibility index (Phi) is 5.23. The van der Waals surface area contributed by atoms with Gasteiger partial charge in [0.15, 0.2) is 0 Å². The van der Waals surface area contributed by atoms with Gasteiger partial charge in [-0.1, -0.05) is 35.2 Å². The number of carboxylic acids is 1. The number of halogens is 1. The highest BCUT2D eigenvalue weighted by Gasteiger charge is 2.23. The maximum absolute atomic E-state index is 12.1. The van der Waals surface area contributed by atoms with Crippen molar-refractivity contribution < 1.29 is 14.7 Å². The lowest BCUT2D eigenvalue weighted by atomic mass is 9.82. The fraction of sp³-hybridized carbons (Fsp3) is 0.444. The molecule has 1 aliphatic rings. The van der Waals surface area contributed by atoms with E-state index in [-0.39, 0.29) is 12.3 Å². The summed E-state index contributed by atoms with van der Waals surface area (Å²) in [5.41, 5.74) is 1.84. The number of carbonyl (C=O) groups is 2. The lowest BCUT2D eigenvalue weighted by Gasteiger charge is -2.25. The normalized spacial score (nSPS) is 15.9. The summed E-state index contributed by atoms with van der Waals surface area (Å²) in [5.74, 6) is -0.531. The van der Waals surface area contributed by atoms with E-state index in [0.29, 0.717) is 12.3 Å². The molecule has 0 aliphatic heterocycles. The molecule has 1 saturated carbocycles. The number of amides is 1. The fourth-order valence-corrected chi connectivity index (χ4v) is 3.48. The third-order valence-electron chi connectivity index (χ3n) is 4.79. The van der Waals surface area contributed by atoms with Gasteiger partial charge in [-0.25, -0.2) is 4.79 Å². The molecule has 1 atom stereocenters. The number of benzene rings is 1. The van der Waals surface area contributed by atoms with Crippen molar-refractivity contribution in [2.24, 2.45) is 5.92 Å². The van der Waals surface area contributed by atoms with Crippen molar-refractivity contribution >= 4 is 38.7 Å². The molecule has 2 aromatic rings. The smallest absolute Gasteiger partial charge is 0.326 e. The lowest BCUT2D eigenvalue weighted by Crippen LogP contribution is -2.42. The van der Waals surface area contributed by atoms with Gasteiger partial charge in [-0.3, -0.25) is 4.79 Å². The van der Waals surface area contributed by atoms with E-state index in [2.05, 4.69) is 26.2 Å². The van der Waals surface area contributed by atoms with Crippen LogP contribution in [0.4, 0.5) is 0 Å². The van der Waals surface area contributed by atoms with E-state index in [1.54, 1.807) is 0 Å². The Hall–Kier alpha value is -1.82. The van der Waals surface area contributed by atoms with Crippen molar-refractivity contribution in [1.29, 1.82) is 0 Å². The predicted octanol–water partition coefficient (Wildman–Crippen LogP) is 3.62. The van der Waals surface area contributed by atoms with Gasteiger partial charge in [-0.05, 0) is 36.1 Å². The van der Waals surface area contributed by atoms with Crippen LogP contribution >= 0.6 is 15.9 Å². The summed E-state index contributed by atoms with van der Waals surface area (Å²) in [7, 11) is 0. The van der Waals surface area contributed by atoms with E-state index in [1.807, 2.05) is 24.4 Å². The Balaban J connectivity index is 1.65. The molecule has 3 N–H and O–H groups in total. The number of rotatable bonds is 7. The van der Waals surface area contributed by atoms with Crippen molar-refractivity contribution in [2.45, 2.75) is 44.6 Å². The summed E-state index contributed by atoms with van der Waals surface area (Å²) in [4.78, 5) is 26.7. The van der Waals surface area contributed by atoms with Gasteiger partial charge >= 0.3 is 5.97 Å². The monoisotopic (exact) mass is 392 g/mol. The number of carboxylic acid groups (broad SMARTS) is 1. The zero-order valence-electron chi connectivity index (χ0n) is 13.3. The van der Waals surface area contributed by atoms with Gasteiger partial charge in [0.25, 0.3) is 0 Å². The van der Waals surface area contributed by atoms with Crippen LogP contribution in [0, 0.1) is 5.92 Å². The molecule has 24 heavy (non-hydrogen) atoms. The van der Waals surface area contributed by atoms with Crippen LogP contribution in [0.1, 0.15) is 37.7 Å². The van der Waals surface area contributed by atoms with Crippen LogP contribution in [-0.2, 0) is 16.0 Å². The van der Waals surface area contributed by atoms with Crippen LogP contribution in [0.15, 0.2) is 28.9 Å². The Bertz CT molecular complexity index is 752. The molecule has 0 radical (unpaired) electrons. The van der Waals surface area contributed by atoms with E-state index in [9.17, 15) is 14.7 Å². The molecule has 3 rings (SSSR count). The minimum absolute atomic E-state index is 0.171. The first-order valence-corrected chi connectivity index (χ1v) is 9.10. The number of H-pyrrole nitrogens is 1. The van der Waals surface area contributed by atoms with Crippen molar-refractivity contribution in [3.8, 4) is 0 Å². The molecule has 1 aromatic heterocycles. The molecule has 1 unspecified atom stereocenters. The van der Waals surface area contributed by atoms with Gasteiger partial charge in [0.1, 0.15) is 6.04 Å². The van der Waals surface area contributed by atoms with Crippen LogP contribution in [0.2, 0.25) is 0 Å². The molecule has 5 nitrogen and oxygen atoms in total. The number of aliphatic carboxylic acids is 1. The zero-order chi connectivity index (χ0) is 17.1. The van der Waals surface area contributed by atoms with Gasteiger partial charge in [0.05, 0.1) is 0 Å². The van der Waals surface area contributed by atoms with Gasteiger partial charge in [0, 0.05) is 34.4 Å². The van der Waals surface area contributed by atoms with E-state index in [0.717, 1.165) is 27.4 Å². The van der Waals surface area contributed by atoms with Crippen LogP contribution in [-0.4, -0.2) is 28.0 Å². The second kappa shape index (κ2) is 7.38. The molecular weight excluding hydrogens is 372 g/mol. The number of fused-ring (bicyclic) bond motifs is 1. The molecule has 1 aliphatic carbocycles. The number of hydrogen-bond donors (Lipinski definition) is 3. The SMILES string of the molecule is O=C(CCC1CCC1)NC(Cc1c[nH]c2ccc(Br)cc12)C(=O)O. The second-order valence-electron chi connectivity index (χ2n) is 6.50. The quantitative estimate of drug-likeness (QED) is 0.672. The van der Waals surface area contributed by atoms with Gasteiger partial charge < -0.3 is 15.4 Å². The maximum atomic E-state index is 12.1. The standard InChI is InChI=1S/C18H21BrN2O3/c19-13-5-6-15-14(9-13)12(10-20-15)8-16(18(23)24)21-17(22)7-4-11-2-1-3-11/h5-6,9-11,16,20H,1-4,7-8H2,(H,21,22)(H,23,24). The van der Waals surface area contributed by atoms with Crippen molar-refractivity contribution in [1.82, 2.24) is 10.3 Å². The lowest BCUT2D eigenvalue weighted by molar-refractivity contribution is -0.141. The summed E-state index contributed by atoms with van der Waals surface area (Å²) < 4.78 is 0.937. The van der Waals surface area contributed by atoms with Crippen LogP contribution in [0.25, 0.3) is 10.9 Å². The molecular formula is C18H21BrN2O3. The number of aromatic nitrogens is 1. The van der Waals surface area contributed by atoms with Crippen molar-refractivity contribution in [2.75, 3.05) is 0 Å². The summed E-state index contributed by atoms with van der Waals surface area (Å²) in [6.07, 6.45) is 6.99. The minimum Gasteiger partial charge on any atom is -0.480 e. The molecule has 1 aromatic carbocycles. The highest BCUT2D eigenvalue weighted by molar-refractivity contribution is 9.10. The summed E-state index contributed by atoms with van der Waals surface area (Å²) in [5, 5.41) is 13.1.